The van der Waals surface area contributed by atoms with Crippen molar-refractivity contribution >= 4 is 0 Å². The molecule has 0 saturated carbocycles. The molecule has 2 aromatic rings. The van der Waals surface area contributed by atoms with Crippen LogP contribution < -0.4 is 0 Å². The number of fused-ring (bicyclic) bond motifs is 9. The molecule has 18 heavy (non-hydrogen) atoms. The molecule has 2 unspecified atom stereocenters. The average molecular weight is 234 g/mol. The molecule has 0 radical (unpaired) electrons. The van der Waals surface area contributed by atoms with Gasteiger partial charge in [0.25, 0.3) is 0 Å². The van der Waals surface area contributed by atoms with Crippen LogP contribution >= 0.6 is 0 Å². The van der Waals surface area contributed by atoms with Crippen molar-refractivity contribution in [3.05, 3.63) is 68.8 Å². The first-order valence-corrected chi connectivity index (χ1v) is 6.80. The number of benzene rings is 2. The Bertz CT molecular complexity index is 692. The fraction of sp³-hybridized carbons (Fsp3) is 0.333. The molecular weight excluding hydrogens is 216 g/mol. The Balaban J connectivity index is 2.05. The molecule has 2 atom stereocenters. The van der Waals surface area contributed by atoms with E-state index < -0.39 is 0 Å². The zero-order valence-electron chi connectivity index (χ0n) is 11.5. The summed E-state index contributed by atoms with van der Waals surface area (Å²) in [4.78, 5) is 0. The van der Waals surface area contributed by atoms with Gasteiger partial charge in [0.1, 0.15) is 0 Å². The fourth-order valence-corrected chi connectivity index (χ4v) is 4.05. The number of rotatable bonds is 0. The summed E-state index contributed by atoms with van der Waals surface area (Å²) >= 11 is 0. The third-order valence-corrected chi connectivity index (χ3v) is 5.08. The fourth-order valence-electron chi connectivity index (χ4n) is 4.05. The SMILES string of the molecule is Cc1cc(C)c2cc1C1c3cc(C)c(C)c(c3)C21. The van der Waals surface area contributed by atoms with Gasteiger partial charge in [-0.3, -0.25) is 0 Å². The minimum absolute atomic E-state index is 0.607. The number of hydrogen-bond donors (Lipinski definition) is 0. The maximum absolute atomic E-state index is 2.45. The first-order chi connectivity index (χ1) is 8.58. The summed E-state index contributed by atoms with van der Waals surface area (Å²) in [5.74, 6) is 1.22. The largest absolute Gasteiger partial charge is 0.0558 e. The van der Waals surface area contributed by atoms with E-state index in [-0.39, 0.29) is 0 Å². The van der Waals surface area contributed by atoms with Gasteiger partial charge in [-0.1, -0.05) is 24.3 Å². The Morgan fingerprint density at radius 1 is 0.611 bits per heavy atom. The maximum Gasteiger partial charge on any atom is 0.0204 e. The third-order valence-electron chi connectivity index (χ3n) is 5.08. The average Bonchev–Trinajstić information content (AvgIpc) is 2.81. The van der Waals surface area contributed by atoms with Gasteiger partial charge < -0.3 is 0 Å². The molecule has 2 aliphatic rings. The molecule has 90 valence electrons. The van der Waals surface area contributed by atoms with Crippen molar-refractivity contribution in [2.75, 3.05) is 0 Å². The van der Waals surface area contributed by atoms with Gasteiger partial charge in [-0.05, 0) is 72.2 Å². The van der Waals surface area contributed by atoms with Crippen LogP contribution in [0.25, 0.3) is 0 Å². The van der Waals surface area contributed by atoms with E-state index in [1.54, 1.807) is 16.7 Å². The molecule has 0 aliphatic heterocycles. The van der Waals surface area contributed by atoms with Crippen molar-refractivity contribution < 1.29 is 0 Å². The van der Waals surface area contributed by atoms with E-state index in [0.717, 1.165) is 0 Å². The van der Waals surface area contributed by atoms with Gasteiger partial charge >= 0.3 is 0 Å². The summed E-state index contributed by atoms with van der Waals surface area (Å²) in [6, 6.07) is 9.66. The highest BCUT2D eigenvalue weighted by atomic mass is 14.4. The zero-order valence-corrected chi connectivity index (χ0v) is 11.5. The van der Waals surface area contributed by atoms with Gasteiger partial charge in [0.05, 0.1) is 0 Å². The van der Waals surface area contributed by atoms with Crippen molar-refractivity contribution in [1.29, 1.82) is 0 Å². The second-order valence-electron chi connectivity index (χ2n) is 6.07. The van der Waals surface area contributed by atoms with Gasteiger partial charge in [-0.2, -0.15) is 0 Å². The third kappa shape index (κ3) is 1.03. The van der Waals surface area contributed by atoms with E-state index in [1.807, 2.05) is 0 Å². The Morgan fingerprint density at radius 2 is 1.28 bits per heavy atom. The van der Waals surface area contributed by atoms with Gasteiger partial charge in [0, 0.05) is 11.8 Å². The van der Waals surface area contributed by atoms with E-state index in [1.165, 1.54) is 27.8 Å². The molecule has 0 N–H and O–H groups in total. The highest BCUT2D eigenvalue weighted by Gasteiger charge is 2.41. The van der Waals surface area contributed by atoms with Crippen LogP contribution in [0, 0.1) is 27.7 Å². The predicted molar refractivity (Wildman–Crippen MR) is 75.5 cm³/mol. The summed E-state index contributed by atoms with van der Waals surface area (Å²) in [5, 5.41) is 0. The second kappa shape index (κ2) is 3.06. The van der Waals surface area contributed by atoms with Crippen LogP contribution in [0.5, 0.6) is 0 Å². The van der Waals surface area contributed by atoms with Crippen molar-refractivity contribution in [2.24, 2.45) is 0 Å². The van der Waals surface area contributed by atoms with Gasteiger partial charge in [-0.25, -0.2) is 0 Å². The number of hydrogen-bond acceptors (Lipinski definition) is 0. The van der Waals surface area contributed by atoms with E-state index in [0.29, 0.717) is 11.8 Å². The van der Waals surface area contributed by atoms with Crippen LogP contribution in [0.2, 0.25) is 0 Å². The Morgan fingerprint density at radius 3 is 2.00 bits per heavy atom. The maximum atomic E-state index is 2.45. The molecule has 0 fully saturated rings. The molecule has 4 bridgehead atoms. The lowest BCUT2D eigenvalue weighted by atomic mass is 9.87. The summed E-state index contributed by atoms with van der Waals surface area (Å²) in [5.41, 5.74) is 12.1. The molecule has 0 amide bonds. The minimum Gasteiger partial charge on any atom is -0.0558 e. The molecule has 2 aliphatic carbocycles. The molecule has 0 saturated heterocycles. The lowest BCUT2D eigenvalue weighted by Crippen LogP contribution is -2.01. The van der Waals surface area contributed by atoms with E-state index in [2.05, 4.69) is 52.0 Å². The van der Waals surface area contributed by atoms with Crippen molar-refractivity contribution in [3.63, 3.8) is 0 Å². The topological polar surface area (TPSA) is 0 Å². The molecule has 0 heterocycles. The van der Waals surface area contributed by atoms with Gasteiger partial charge in [0.15, 0.2) is 0 Å². The lowest BCUT2D eigenvalue weighted by molar-refractivity contribution is 0.766. The first kappa shape index (κ1) is 10.4. The second-order valence-corrected chi connectivity index (χ2v) is 6.07. The van der Waals surface area contributed by atoms with Gasteiger partial charge in [-0.15, -0.1) is 0 Å². The molecular formula is C18H18. The smallest absolute Gasteiger partial charge is 0.0204 e. The predicted octanol–water partition coefficient (Wildman–Crippen LogP) is 4.51. The normalized spacial score (nSPS) is 22.4. The monoisotopic (exact) mass is 234 g/mol. The Hall–Kier alpha value is -1.56. The van der Waals surface area contributed by atoms with Crippen molar-refractivity contribution in [2.45, 2.75) is 39.5 Å². The van der Waals surface area contributed by atoms with E-state index >= 15 is 0 Å². The van der Waals surface area contributed by atoms with Crippen molar-refractivity contribution in [3.8, 4) is 0 Å². The Labute approximate surface area is 109 Å². The molecule has 0 aromatic heterocycles. The molecule has 2 aromatic carbocycles. The standard InChI is InChI=1S/C18H18/c1-9-6-13-7-16(12(9)4)18-15-8-14(17(13)18)10(2)5-11(15)3/h5-8,17-18H,1-4H3. The minimum atomic E-state index is 0.607. The zero-order chi connectivity index (χ0) is 12.6. The lowest BCUT2D eigenvalue weighted by Gasteiger charge is -2.15. The molecule has 0 spiro atoms. The van der Waals surface area contributed by atoms with Gasteiger partial charge in [0.2, 0.25) is 0 Å². The van der Waals surface area contributed by atoms with Crippen LogP contribution in [0.4, 0.5) is 0 Å². The summed E-state index contributed by atoms with van der Waals surface area (Å²) in [6.45, 7) is 9.05. The van der Waals surface area contributed by atoms with E-state index in [4.69, 9.17) is 0 Å². The summed E-state index contributed by atoms with van der Waals surface area (Å²) in [7, 11) is 0. The van der Waals surface area contributed by atoms with Crippen LogP contribution in [0.15, 0.2) is 24.3 Å². The highest BCUT2D eigenvalue weighted by molar-refractivity contribution is 5.63. The van der Waals surface area contributed by atoms with Crippen LogP contribution in [-0.4, -0.2) is 0 Å². The van der Waals surface area contributed by atoms with Crippen LogP contribution in [0.1, 0.15) is 56.3 Å². The van der Waals surface area contributed by atoms with Crippen LogP contribution in [0.3, 0.4) is 0 Å². The molecule has 0 nitrogen and oxygen atoms in total. The van der Waals surface area contributed by atoms with Crippen molar-refractivity contribution in [1.82, 2.24) is 0 Å². The summed E-state index contributed by atoms with van der Waals surface area (Å²) < 4.78 is 0. The summed E-state index contributed by atoms with van der Waals surface area (Å²) in [6.07, 6.45) is 0. The molecule has 0 heteroatoms. The highest BCUT2D eigenvalue weighted by Crippen LogP contribution is 2.56. The first-order valence-electron chi connectivity index (χ1n) is 6.80. The quantitative estimate of drug-likeness (QED) is 0.629. The number of aryl methyl sites for hydroxylation is 3. The van der Waals surface area contributed by atoms with Crippen LogP contribution in [-0.2, 0) is 0 Å². The van der Waals surface area contributed by atoms with E-state index in [9.17, 15) is 0 Å². The molecule has 4 rings (SSSR count). The Kier molecular flexibility index (Phi) is 1.76.